The van der Waals surface area contributed by atoms with Gasteiger partial charge >= 0.3 is 0 Å². The lowest BCUT2D eigenvalue weighted by Gasteiger charge is -2.38. The van der Waals surface area contributed by atoms with E-state index in [4.69, 9.17) is 11.6 Å². The van der Waals surface area contributed by atoms with Gasteiger partial charge in [-0.3, -0.25) is 14.6 Å². The molecule has 2 saturated heterocycles. The summed E-state index contributed by atoms with van der Waals surface area (Å²) < 4.78 is 0. The number of halogens is 1. The van der Waals surface area contributed by atoms with Gasteiger partial charge in [-0.2, -0.15) is 0 Å². The van der Waals surface area contributed by atoms with Crippen molar-refractivity contribution in [1.82, 2.24) is 19.7 Å². The second kappa shape index (κ2) is 9.16. The molecule has 0 radical (unpaired) electrons. The van der Waals surface area contributed by atoms with Crippen LogP contribution in [0.1, 0.15) is 16.1 Å². The minimum atomic E-state index is -0.540. The van der Waals surface area contributed by atoms with Gasteiger partial charge < -0.3 is 10.0 Å². The smallest absolute Gasteiger partial charge is 0.272 e. The molecular weight excluding hydrogens is 424 g/mol. The molecule has 1 aromatic heterocycles. The maximum Gasteiger partial charge on any atom is 0.272 e. The van der Waals surface area contributed by atoms with Gasteiger partial charge in [-0.25, -0.2) is 4.98 Å². The van der Waals surface area contributed by atoms with Crippen LogP contribution in [-0.4, -0.2) is 82.1 Å². The number of β-amino-alcohol motifs (C(OH)–C–C–N with tert-alkyl or cyclic N) is 1. The summed E-state index contributed by atoms with van der Waals surface area (Å²) in [5.74, 6) is -0.112. The van der Waals surface area contributed by atoms with Gasteiger partial charge in [-0.1, -0.05) is 48.0 Å². The second-order valence-electron chi connectivity index (χ2n) is 8.67. The molecule has 32 heavy (non-hydrogen) atoms. The third-order valence-corrected chi connectivity index (χ3v) is 6.81. The van der Waals surface area contributed by atoms with Crippen LogP contribution in [0.5, 0.6) is 0 Å². The molecule has 2 aromatic carbocycles. The normalized spacial score (nSPS) is 22.5. The van der Waals surface area contributed by atoms with Crippen LogP contribution in [0.25, 0.3) is 10.9 Å². The second-order valence-corrected chi connectivity index (χ2v) is 9.11. The fourth-order valence-electron chi connectivity index (χ4n) is 4.74. The number of likely N-dealkylation sites (tertiary alicyclic amines) is 1. The lowest BCUT2D eigenvalue weighted by Crippen LogP contribution is -2.53. The van der Waals surface area contributed by atoms with Crippen molar-refractivity contribution in [2.75, 3.05) is 39.3 Å². The Morgan fingerprint density at radius 3 is 2.50 bits per heavy atom. The van der Waals surface area contributed by atoms with Crippen LogP contribution < -0.4 is 0 Å². The summed E-state index contributed by atoms with van der Waals surface area (Å²) in [7, 11) is 0. The molecule has 0 aliphatic carbocycles. The van der Waals surface area contributed by atoms with Crippen molar-refractivity contribution in [2.45, 2.75) is 18.7 Å². The van der Waals surface area contributed by atoms with Crippen molar-refractivity contribution in [1.29, 1.82) is 0 Å². The van der Waals surface area contributed by atoms with Crippen molar-refractivity contribution in [3.8, 4) is 0 Å². The van der Waals surface area contributed by atoms with Gasteiger partial charge in [0.05, 0.1) is 17.7 Å². The number of aliphatic hydroxyl groups excluding tert-OH is 1. The number of rotatable bonds is 4. The van der Waals surface area contributed by atoms with E-state index in [-0.39, 0.29) is 11.9 Å². The summed E-state index contributed by atoms with van der Waals surface area (Å²) in [5, 5.41) is 12.5. The van der Waals surface area contributed by atoms with Crippen molar-refractivity contribution >= 4 is 28.4 Å². The number of aliphatic hydroxyl groups is 1. The molecule has 0 unspecified atom stereocenters. The summed E-state index contributed by atoms with van der Waals surface area (Å²) in [6, 6.07) is 19.5. The van der Waals surface area contributed by atoms with E-state index < -0.39 is 6.10 Å². The van der Waals surface area contributed by atoms with Crippen molar-refractivity contribution in [2.24, 2.45) is 0 Å². The Bertz CT molecular complexity index is 1100. The highest BCUT2D eigenvalue weighted by atomic mass is 35.5. The monoisotopic (exact) mass is 450 g/mol. The zero-order valence-corrected chi connectivity index (χ0v) is 18.7. The molecule has 7 heteroatoms. The van der Waals surface area contributed by atoms with Crippen molar-refractivity contribution in [3.05, 3.63) is 76.9 Å². The lowest BCUT2D eigenvalue weighted by atomic mass is 10.1. The highest BCUT2D eigenvalue weighted by molar-refractivity contribution is 6.30. The molecule has 166 valence electrons. The molecule has 3 heterocycles. The van der Waals surface area contributed by atoms with E-state index in [2.05, 4.69) is 26.9 Å². The molecule has 3 aromatic rings. The number of pyridine rings is 1. The van der Waals surface area contributed by atoms with E-state index in [9.17, 15) is 9.90 Å². The molecule has 2 atom stereocenters. The SMILES string of the molecule is O=C(c1ccc2ccccc2n1)N1C[C@@H](O)[C@H](N2CCN(Cc3ccc(Cl)cc3)CC2)C1. The van der Waals surface area contributed by atoms with Crippen LogP contribution >= 0.6 is 11.6 Å². The van der Waals surface area contributed by atoms with Crippen LogP contribution in [0, 0.1) is 0 Å². The highest BCUT2D eigenvalue weighted by Crippen LogP contribution is 2.22. The Kier molecular flexibility index (Phi) is 6.11. The van der Waals surface area contributed by atoms with Crippen molar-refractivity contribution < 1.29 is 9.90 Å². The van der Waals surface area contributed by atoms with Gasteiger partial charge in [-0.05, 0) is 29.8 Å². The molecule has 0 saturated carbocycles. The molecule has 5 rings (SSSR count). The van der Waals surface area contributed by atoms with E-state index in [1.165, 1.54) is 5.56 Å². The number of nitrogens with zero attached hydrogens (tertiary/aromatic N) is 4. The first-order chi connectivity index (χ1) is 15.6. The van der Waals surface area contributed by atoms with Gasteiger partial charge in [0.25, 0.3) is 5.91 Å². The zero-order chi connectivity index (χ0) is 22.1. The highest BCUT2D eigenvalue weighted by Gasteiger charge is 2.39. The number of aromatic nitrogens is 1. The van der Waals surface area contributed by atoms with Crippen LogP contribution in [0.4, 0.5) is 0 Å². The lowest BCUT2D eigenvalue weighted by molar-refractivity contribution is 0.0423. The Hall–Kier alpha value is -2.51. The Labute approximate surface area is 193 Å². The quantitative estimate of drug-likeness (QED) is 0.662. The molecule has 0 spiro atoms. The van der Waals surface area contributed by atoms with E-state index in [1.807, 2.05) is 42.5 Å². The number of fused-ring (bicyclic) bond motifs is 1. The minimum Gasteiger partial charge on any atom is -0.390 e. The largest absolute Gasteiger partial charge is 0.390 e. The standard InChI is InChI=1S/C25H27ClN4O2/c26-20-8-5-18(6-9-20)15-28-11-13-29(14-12-28)23-16-30(17-24(23)31)25(32)22-10-7-19-3-1-2-4-21(19)27-22/h1-10,23-24,31H,11-17H2/t23-,24-/m1/s1. The van der Waals surface area contributed by atoms with Gasteiger partial charge in [0.1, 0.15) is 5.69 Å². The molecule has 1 amide bonds. The van der Waals surface area contributed by atoms with E-state index in [1.54, 1.807) is 11.0 Å². The maximum absolute atomic E-state index is 13.1. The molecule has 6 nitrogen and oxygen atoms in total. The summed E-state index contributed by atoms with van der Waals surface area (Å²) in [6.07, 6.45) is -0.540. The zero-order valence-electron chi connectivity index (χ0n) is 17.9. The van der Waals surface area contributed by atoms with Crippen LogP contribution in [-0.2, 0) is 6.54 Å². The van der Waals surface area contributed by atoms with Gasteiger partial charge in [0, 0.05) is 56.2 Å². The maximum atomic E-state index is 13.1. The van der Waals surface area contributed by atoms with Gasteiger partial charge in [0.2, 0.25) is 0 Å². The molecule has 0 bridgehead atoms. The van der Waals surface area contributed by atoms with Gasteiger partial charge in [0.15, 0.2) is 0 Å². The number of benzene rings is 2. The van der Waals surface area contributed by atoms with E-state index >= 15 is 0 Å². The topological polar surface area (TPSA) is 59.9 Å². The third kappa shape index (κ3) is 4.50. The number of piperazine rings is 1. The minimum absolute atomic E-state index is 0.0305. The Morgan fingerprint density at radius 1 is 0.969 bits per heavy atom. The summed E-state index contributed by atoms with van der Waals surface area (Å²) in [6.45, 7) is 5.42. The summed E-state index contributed by atoms with van der Waals surface area (Å²) >= 11 is 5.98. The molecular formula is C25H27ClN4O2. The Balaban J connectivity index is 1.19. The summed E-state index contributed by atoms with van der Waals surface area (Å²) in [4.78, 5) is 24.1. The van der Waals surface area contributed by atoms with Crippen LogP contribution in [0.2, 0.25) is 5.02 Å². The Morgan fingerprint density at radius 2 is 1.72 bits per heavy atom. The van der Waals surface area contributed by atoms with Crippen LogP contribution in [0.15, 0.2) is 60.7 Å². The third-order valence-electron chi connectivity index (χ3n) is 6.56. The fraction of sp³-hybridized carbons (Fsp3) is 0.360. The van der Waals surface area contributed by atoms with E-state index in [0.717, 1.165) is 48.6 Å². The predicted molar refractivity (Wildman–Crippen MR) is 126 cm³/mol. The number of para-hydroxylation sites is 1. The first-order valence-corrected chi connectivity index (χ1v) is 11.5. The van der Waals surface area contributed by atoms with E-state index in [0.29, 0.717) is 18.8 Å². The molecule has 2 aliphatic rings. The average molecular weight is 451 g/mol. The van der Waals surface area contributed by atoms with Crippen molar-refractivity contribution in [3.63, 3.8) is 0 Å². The fourth-order valence-corrected chi connectivity index (χ4v) is 4.87. The molecule has 1 N–H and O–H groups in total. The number of carbonyl (C=O) groups is 1. The predicted octanol–water partition coefficient (Wildman–Crippen LogP) is 2.89. The average Bonchev–Trinajstić information content (AvgIpc) is 3.22. The van der Waals surface area contributed by atoms with Crippen LogP contribution in [0.3, 0.4) is 0 Å². The number of carbonyl (C=O) groups excluding carboxylic acids is 1. The molecule has 2 aliphatic heterocycles. The molecule has 2 fully saturated rings. The number of amides is 1. The number of hydrogen-bond acceptors (Lipinski definition) is 5. The van der Waals surface area contributed by atoms with Gasteiger partial charge in [-0.15, -0.1) is 0 Å². The summed E-state index contributed by atoms with van der Waals surface area (Å²) in [5.41, 5.74) is 2.50. The first kappa shape index (κ1) is 21.3. The number of hydrogen-bond donors (Lipinski definition) is 1. The first-order valence-electron chi connectivity index (χ1n) is 11.1.